The molecule has 0 spiro atoms. The zero-order valence-corrected chi connectivity index (χ0v) is 17.2. The number of nitrogens with zero attached hydrogens (tertiary/aromatic N) is 1. The highest BCUT2D eigenvalue weighted by molar-refractivity contribution is 6.34. The molecule has 31 heavy (non-hydrogen) atoms. The third-order valence-corrected chi connectivity index (χ3v) is 4.91. The molecule has 0 amide bonds. The normalized spacial score (nSPS) is 14.4. The van der Waals surface area contributed by atoms with Gasteiger partial charge < -0.3 is 14.2 Å². The fourth-order valence-electron chi connectivity index (χ4n) is 3.03. The molecule has 0 bridgehead atoms. The first-order valence-electron chi connectivity index (χ1n) is 9.37. The largest absolute Gasteiger partial charge is 0.493 e. The van der Waals surface area contributed by atoms with Gasteiger partial charge in [0.25, 0.3) is 0 Å². The summed E-state index contributed by atoms with van der Waals surface area (Å²) in [4.78, 5) is 16.7. The monoisotopic (exact) mass is 437 g/mol. The van der Waals surface area contributed by atoms with E-state index in [1.165, 1.54) is 19.3 Å². The summed E-state index contributed by atoms with van der Waals surface area (Å²) in [5.41, 5.74) is 1.53. The number of benzene rings is 3. The summed E-state index contributed by atoms with van der Waals surface area (Å²) in [5, 5.41) is 0.422. The summed E-state index contributed by atoms with van der Waals surface area (Å²) in [5.74, 6) is -0.0654. The van der Waals surface area contributed by atoms with Gasteiger partial charge >= 0.3 is 5.97 Å². The van der Waals surface area contributed by atoms with Crippen LogP contribution in [0.5, 0.6) is 11.5 Å². The molecular formula is C24H17ClFNO4. The van der Waals surface area contributed by atoms with Crippen molar-refractivity contribution in [1.82, 2.24) is 0 Å². The number of ether oxygens (including phenoxy) is 3. The maximum Gasteiger partial charge on any atom is 0.363 e. The molecule has 4 rings (SSSR count). The Labute approximate surface area is 183 Å². The van der Waals surface area contributed by atoms with Crippen LogP contribution in [0.3, 0.4) is 0 Å². The van der Waals surface area contributed by atoms with E-state index in [0.717, 1.165) is 0 Å². The maximum atomic E-state index is 14.0. The Bertz CT molecular complexity index is 1210. The van der Waals surface area contributed by atoms with E-state index in [1.807, 2.05) is 0 Å². The van der Waals surface area contributed by atoms with Crippen LogP contribution in [0.15, 0.2) is 77.4 Å². The molecule has 0 aliphatic carbocycles. The number of hydrogen-bond acceptors (Lipinski definition) is 5. The van der Waals surface area contributed by atoms with Crippen molar-refractivity contribution in [3.63, 3.8) is 0 Å². The predicted octanol–water partition coefficient (Wildman–Crippen LogP) is 5.41. The quantitative estimate of drug-likeness (QED) is 0.382. The second-order valence-corrected chi connectivity index (χ2v) is 6.98. The summed E-state index contributed by atoms with van der Waals surface area (Å²) in [7, 11) is 1.50. The van der Waals surface area contributed by atoms with Crippen LogP contribution in [0.1, 0.15) is 16.7 Å². The smallest absolute Gasteiger partial charge is 0.363 e. The van der Waals surface area contributed by atoms with E-state index in [-0.39, 0.29) is 24.0 Å². The first kappa shape index (κ1) is 20.6. The zero-order valence-electron chi connectivity index (χ0n) is 16.5. The van der Waals surface area contributed by atoms with Crippen molar-refractivity contribution in [3.8, 4) is 11.5 Å². The van der Waals surface area contributed by atoms with E-state index in [4.69, 9.17) is 25.8 Å². The average Bonchev–Trinajstić information content (AvgIpc) is 3.14. The van der Waals surface area contributed by atoms with E-state index in [0.29, 0.717) is 33.2 Å². The number of esters is 1. The lowest BCUT2D eigenvalue weighted by Crippen LogP contribution is -2.06. The highest BCUT2D eigenvalue weighted by Gasteiger charge is 2.26. The highest BCUT2D eigenvalue weighted by atomic mass is 35.5. The molecular weight excluding hydrogens is 421 g/mol. The third-order valence-electron chi connectivity index (χ3n) is 4.58. The van der Waals surface area contributed by atoms with Crippen LogP contribution in [-0.4, -0.2) is 19.0 Å². The molecule has 3 aromatic carbocycles. The lowest BCUT2D eigenvalue weighted by molar-refractivity contribution is -0.129. The van der Waals surface area contributed by atoms with Gasteiger partial charge in [-0.1, -0.05) is 54.1 Å². The molecule has 0 radical (unpaired) electrons. The third kappa shape index (κ3) is 4.44. The number of halogens is 2. The van der Waals surface area contributed by atoms with Crippen LogP contribution in [0.25, 0.3) is 6.08 Å². The summed E-state index contributed by atoms with van der Waals surface area (Å²) in [6, 6.07) is 18.5. The van der Waals surface area contributed by atoms with Gasteiger partial charge in [0.15, 0.2) is 17.2 Å². The van der Waals surface area contributed by atoms with E-state index in [9.17, 15) is 9.18 Å². The molecule has 0 N–H and O–H groups in total. The second kappa shape index (κ2) is 9.02. The predicted molar refractivity (Wildman–Crippen MR) is 116 cm³/mol. The van der Waals surface area contributed by atoms with Crippen molar-refractivity contribution in [3.05, 3.63) is 100.0 Å². The van der Waals surface area contributed by atoms with Gasteiger partial charge in [0.1, 0.15) is 12.4 Å². The molecule has 7 heteroatoms. The lowest BCUT2D eigenvalue weighted by Gasteiger charge is -2.14. The topological polar surface area (TPSA) is 57.1 Å². The Balaban J connectivity index is 1.68. The van der Waals surface area contributed by atoms with Gasteiger partial charge in [-0.05, 0) is 30.3 Å². The summed E-state index contributed by atoms with van der Waals surface area (Å²) in [6.45, 7) is -0.0121. The number of hydrogen-bond donors (Lipinski definition) is 0. The number of rotatable bonds is 6. The molecule has 1 heterocycles. The van der Waals surface area contributed by atoms with Crippen molar-refractivity contribution in [1.29, 1.82) is 0 Å². The van der Waals surface area contributed by atoms with E-state index < -0.39 is 5.97 Å². The number of cyclic esters (lactones) is 1. The van der Waals surface area contributed by atoms with Crippen molar-refractivity contribution in [2.24, 2.45) is 4.99 Å². The zero-order chi connectivity index (χ0) is 21.8. The van der Waals surface area contributed by atoms with Gasteiger partial charge in [-0.25, -0.2) is 14.2 Å². The van der Waals surface area contributed by atoms with Gasteiger partial charge in [0.05, 0.1) is 17.7 Å². The molecule has 1 aliphatic heterocycles. The van der Waals surface area contributed by atoms with Gasteiger partial charge in [-0.15, -0.1) is 0 Å². The van der Waals surface area contributed by atoms with Crippen molar-refractivity contribution in [2.45, 2.75) is 6.61 Å². The molecule has 0 saturated heterocycles. The van der Waals surface area contributed by atoms with Crippen LogP contribution >= 0.6 is 11.6 Å². The Hall–Kier alpha value is -3.64. The fourth-order valence-corrected chi connectivity index (χ4v) is 3.25. The SMILES string of the molecule is COc1cccc(/C=C2\N=C(c3ccccc3Cl)OC2=O)c1OCc1ccccc1F. The molecule has 3 aromatic rings. The highest BCUT2D eigenvalue weighted by Crippen LogP contribution is 2.34. The van der Waals surface area contributed by atoms with Crippen molar-refractivity contribution >= 4 is 29.5 Å². The minimum Gasteiger partial charge on any atom is -0.493 e. The lowest BCUT2D eigenvalue weighted by atomic mass is 10.1. The molecule has 156 valence electrons. The minimum absolute atomic E-state index is 0.0121. The molecule has 1 aliphatic rings. The fraction of sp³-hybridized carbons (Fsp3) is 0.0833. The first-order chi connectivity index (χ1) is 15.1. The Morgan fingerprint density at radius 3 is 2.61 bits per heavy atom. The molecule has 0 saturated carbocycles. The second-order valence-electron chi connectivity index (χ2n) is 6.57. The first-order valence-corrected chi connectivity index (χ1v) is 9.75. The minimum atomic E-state index is -0.613. The number of methoxy groups -OCH3 is 1. The van der Waals surface area contributed by atoms with Gasteiger partial charge in [0, 0.05) is 11.1 Å². The van der Waals surface area contributed by atoms with Gasteiger partial charge in [0.2, 0.25) is 5.90 Å². The molecule has 5 nitrogen and oxygen atoms in total. The number of carbonyl (C=O) groups is 1. The van der Waals surface area contributed by atoms with Crippen LogP contribution in [0.2, 0.25) is 5.02 Å². The summed E-state index contributed by atoms with van der Waals surface area (Å²) < 4.78 is 30.5. The summed E-state index contributed by atoms with van der Waals surface area (Å²) >= 11 is 6.18. The Morgan fingerprint density at radius 2 is 1.84 bits per heavy atom. The molecule has 0 atom stereocenters. The molecule has 0 aromatic heterocycles. The van der Waals surface area contributed by atoms with Crippen LogP contribution < -0.4 is 9.47 Å². The number of carbonyl (C=O) groups excluding carboxylic acids is 1. The number of para-hydroxylation sites is 1. The van der Waals surface area contributed by atoms with Gasteiger partial charge in [-0.2, -0.15) is 0 Å². The Morgan fingerprint density at radius 1 is 1.06 bits per heavy atom. The summed E-state index contributed by atoms with van der Waals surface area (Å²) in [6.07, 6.45) is 1.53. The Kier molecular flexibility index (Phi) is 6.00. The van der Waals surface area contributed by atoms with Crippen LogP contribution in [-0.2, 0) is 16.1 Å². The van der Waals surface area contributed by atoms with Crippen molar-refractivity contribution in [2.75, 3.05) is 7.11 Å². The van der Waals surface area contributed by atoms with Gasteiger partial charge in [-0.3, -0.25) is 0 Å². The van der Waals surface area contributed by atoms with E-state index >= 15 is 0 Å². The maximum absolute atomic E-state index is 14.0. The number of aliphatic imine (C=N–C) groups is 1. The van der Waals surface area contributed by atoms with E-state index in [2.05, 4.69) is 4.99 Å². The van der Waals surface area contributed by atoms with E-state index in [1.54, 1.807) is 60.7 Å². The van der Waals surface area contributed by atoms with Crippen molar-refractivity contribution < 1.29 is 23.4 Å². The standard InChI is InChI=1S/C24H17ClFNO4/c1-29-21-12-6-8-15(22(21)30-14-16-7-2-5-11-19(16)26)13-20-24(28)31-23(27-20)17-9-3-4-10-18(17)25/h2-13H,14H2,1H3/b20-13-. The average molecular weight is 438 g/mol. The van der Waals surface area contributed by atoms with Crippen LogP contribution in [0.4, 0.5) is 4.39 Å². The van der Waals surface area contributed by atoms with Crippen LogP contribution in [0, 0.1) is 5.82 Å². The molecule has 0 unspecified atom stereocenters. The molecule has 0 fully saturated rings.